The Morgan fingerprint density at radius 1 is 1.31 bits per heavy atom. The first-order valence-electron chi connectivity index (χ1n) is 4.09. The standard InChI is InChI=1S/C10H10.CH6OSi/c1-2-3-7-10-8-5-4-6-9-10;1-2-3/h2-9H,1H2;1,3H3. The van der Waals surface area contributed by atoms with E-state index >= 15 is 0 Å². The maximum atomic E-state index is 4.39. The molecule has 70 valence electrons. The second kappa shape index (κ2) is 8.97. The van der Waals surface area contributed by atoms with E-state index in [0.29, 0.717) is 0 Å². The van der Waals surface area contributed by atoms with Crippen LogP contribution in [0.4, 0.5) is 0 Å². The molecule has 0 aliphatic rings. The number of benzene rings is 1. The highest BCUT2D eigenvalue weighted by molar-refractivity contribution is 5.97. The van der Waals surface area contributed by atoms with Crippen LogP contribution in [-0.4, -0.2) is 17.6 Å². The normalized spacial score (nSPS) is 9.31. The fourth-order valence-electron chi connectivity index (χ4n) is 0.743. The lowest BCUT2D eigenvalue weighted by Gasteiger charge is -1.87. The monoisotopic (exact) mass is 192 g/mol. The lowest BCUT2D eigenvalue weighted by atomic mass is 10.2. The van der Waals surface area contributed by atoms with Gasteiger partial charge in [0.1, 0.15) is 10.5 Å². The van der Waals surface area contributed by atoms with Gasteiger partial charge in [-0.1, -0.05) is 55.1 Å². The molecule has 0 spiro atoms. The van der Waals surface area contributed by atoms with Gasteiger partial charge < -0.3 is 4.43 Å². The smallest absolute Gasteiger partial charge is 0.145 e. The van der Waals surface area contributed by atoms with Crippen molar-refractivity contribution in [3.05, 3.63) is 54.6 Å². The van der Waals surface area contributed by atoms with Crippen molar-refractivity contribution in [2.45, 2.75) is 0 Å². The van der Waals surface area contributed by atoms with Gasteiger partial charge >= 0.3 is 0 Å². The highest BCUT2D eigenvalue weighted by Gasteiger charge is 1.78. The Bertz CT molecular complexity index is 242. The van der Waals surface area contributed by atoms with Gasteiger partial charge in [0.15, 0.2) is 0 Å². The van der Waals surface area contributed by atoms with E-state index < -0.39 is 0 Å². The molecular formula is C11H16OSi. The number of allylic oxidation sites excluding steroid dienone is 2. The van der Waals surface area contributed by atoms with Gasteiger partial charge in [0.05, 0.1) is 0 Å². The zero-order chi connectivity index (χ0) is 9.94. The highest BCUT2D eigenvalue weighted by Crippen LogP contribution is 1.99. The van der Waals surface area contributed by atoms with E-state index in [1.807, 2.05) is 30.4 Å². The molecular weight excluding hydrogens is 176 g/mol. The summed E-state index contributed by atoms with van der Waals surface area (Å²) in [4.78, 5) is 0. The van der Waals surface area contributed by atoms with E-state index in [9.17, 15) is 0 Å². The van der Waals surface area contributed by atoms with Crippen LogP contribution in [0.25, 0.3) is 6.08 Å². The van der Waals surface area contributed by atoms with Crippen molar-refractivity contribution in [2.75, 3.05) is 7.11 Å². The Balaban J connectivity index is 0.000000424. The third-order valence-electron chi connectivity index (χ3n) is 1.22. The Morgan fingerprint density at radius 3 is 2.31 bits per heavy atom. The summed E-state index contributed by atoms with van der Waals surface area (Å²) in [6.45, 7) is 3.59. The molecule has 0 bridgehead atoms. The average Bonchev–Trinajstić information content (AvgIpc) is 2.18. The molecule has 13 heavy (non-hydrogen) atoms. The molecule has 1 nitrogen and oxygen atoms in total. The molecule has 0 aliphatic carbocycles. The van der Waals surface area contributed by atoms with Crippen molar-refractivity contribution in [3.63, 3.8) is 0 Å². The maximum Gasteiger partial charge on any atom is 0.145 e. The molecule has 0 radical (unpaired) electrons. The minimum Gasteiger partial charge on any atom is -0.431 e. The average molecular weight is 192 g/mol. The molecule has 0 saturated carbocycles. The summed E-state index contributed by atoms with van der Waals surface area (Å²) >= 11 is 0. The SMILES string of the molecule is C=CC=Cc1ccccc1.CO[SiH3]. The van der Waals surface area contributed by atoms with E-state index in [4.69, 9.17) is 0 Å². The van der Waals surface area contributed by atoms with Gasteiger partial charge in [-0.25, -0.2) is 0 Å². The van der Waals surface area contributed by atoms with Gasteiger partial charge in [0, 0.05) is 7.11 Å². The van der Waals surface area contributed by atoms with Crippen LogP contribution in [0.15, 0.2) is 49.1 Å². The third kappa shape index (κ3) is 7.24. The van der Waals surface area contributed by atoms with Crippen molar-refractivity contribution < 1.29 is 4.43 Å². The topological polar surface area (TPSA) is 9.23 Å². The molecule has 1 aromatic rings. The zero-order valence-corrected chi connectivity index (χ0v) is 10.2. The van der Waals surface area contributed by atoms with Crippen molar-refractivity contribution in [3.8, 4) is 0 Å². The van der Waals surface area contributed by atoms with E-state index in [-0.39, 0.29) is 0 Å². The van der Waals surface area contributed by atoms with Gasteiger partial charge in [-0.15, -0.1) is 0 Å². The predicted molar refractivity (Wildman–Crippen MR) is 62.6 cm³/mol. The lowest BCUT2D eigenvalue weighted by Crippen LogP contribution is -1.65. The van der Waals surface area contributed by atoms with Gasteiger partial charge in [0.25, 0.3) is 0 Å². The second-order valence-corrected chi connectivity index (χ2v) is 3.23. The fraction of sp³-hybridized carbons (Fsp3) is 0.0909. The molecule has 0 aromatic heterocycles. The summed E-state index contributed by atoms with van der Waals surface area (Å²) in [7, 11) is 2.56. The summed E-state index contributed by atoms with van der Waals surface area (Å²) in [6.07, 6.45) is 5.72. The Labute approximate surface area is 83.3 Å². The summed E-state index contributed by atoms with van der Waals surface area (Å²) in [5.74, 6) is 0. The molecule has 0 atom stereocenters. The minimum atomic E-state index is 0.869. The van der Waals surface area contributed by atoms with Gasteiger partial charge in [0.2, 0.25) is 0 Å². The quantitative estimate of drug-likeness (QED) is 0.513. The first-order chi connectivity index (χ1) is 6.35. The molecule has 0 saturated heterocycles. The molecule has 0 aliphatic heterocycles. The molecule has 0 amide bonds. The van der Waals surface area contributed by atoms with Crippen molar-refractivity contribution >= 4 is 16.6 Å². The summed E-state index contributed by atoms with van der Waals surface area (Å²) < 4.78 is 4.39. The third-order valence-corrected chi connectivity index (χ3v) is 1.22. The molecule has 0 heterocycles. The van der Waals surface area contributed by atoms with Gasteiger partial charge in [-0.3, -0.25) is 0 Å². The van der Waals surface area contributed by atoms with Gasteiger partial charge in [-0.05, 0) is 5.56 Å². The van der Waals surface area contributed by atoms with Crippen LogP contribution in [0.1, 0.15) is 5.56 Å². The van der Waals surface area contributed by atoms with E-state index in [2.05, 4.69) is 23.1 Å². The molecule has 0 unspecified atom stereocenters. The molecule has 2 heteroatoms. The Morgan fingerprint density at radius 2 is 1.85 bits per heavy atom. The number of rotatable bonds is 2. The highest BCUT2D eigenvalue weighted by atomic mass is 28.2. The van der Waals surface area contributed by atoms with E-state index in [1.165, 1.54) is 5.56 Å². The van der Waals surface area contributed by atoms with Crippen molar-refractivity contribution in [1.29, 1.82) is 0 Å². The molecule has 0 fully saturated rings. The van der Waals surface area contributed by atoms with Crippen LogP contribution in [0.3, 0.4) is 0 Å². The van der Waals surface area contributed by atoms with Crippen molar-refractivity contribution in [1.82, 2.24) is 0 Å². The summed E-state index contributed by atoms with van der Waals surface area (Å²) in [5.41, 5.74) is 1.21. The first-order valence-corrected chi connectivity index (χ1v) is 4.91. The number of hydrogen-bond donors (Lipinski definition) is 0. The van der Waals surface area contributed by atoms with Gasteiger partial charge in [-0.2, -0.15) is 0 Å². The second-order valence-electron chi connectivity index (χ2n) is 2.41. The first kappa shape index (κ1) is 11.9. The number of hydrogen-bond acceptors (Lipinski definition) is 1. The fourth-order valence-corrected chi connectivity index (χ4v) is 0.743. The largest absolute Gasteiger partial charge is 0.431 e. The molecule has 1 aromatic carbocycles. The molecule has 1 rings (SSSR count). The van der Waals surface area contributed by atoms with Crippen LogP contribution in [0.5, 0.6) is 0 Å². The van der Waals surface area contributed by atoms with Crippen LogP contribution < -0.4 is 0 Å². The lowest BCUT2D eigenvalue weighted by molar-refractivity contribution is 0.460. The Kier molecular flexibility index (Phi) is 8.19. The van der Waals surface area contributed by atoms with E-state index in [1.54, 1.807) is 13.2 Å². The minimum absolute atomic E-state index is 0.869. The summed E-state index contributed by atoms with van der Waals surface area (Å²) in [5, 5.41) is 0. The zero-order valence-electron chi connectivity index (χ0n) is 8.23. The maximum absolute atomic E-state index is 4.39. The van der Waals surface area contributed by atoms with Crippen LogP contribution in [0, 0.1) is 0 Å². The van der Waals surface area contributed by atoms with Crippen molar-refractivity contribution in [2.24, 2.45) is 0 Å². The Hall–Kier alpha value is -1.12. The van der Waals surface area contributed by atoms with Crippen LogP contribution >= 0.6 is 0 Å². The van der Waals surface area contributed by atoms with Crippen LogP contribution in [0.2, 0.25) is 0 Å². The summed E-state index contributed by atoms with van der Waals surface area (Å²) in [6, 6.07) is 10.1. The van der Waals surface area contributed by atoms with Crippen LogP contribution in [-0.2, 0) is 4.43 Å². The molecule has 0 N–H and O–H groups in total. The predicted octanol–water partition coefficient (Wildman–Crippen LogP) is 1.80. The van der Waals surface area contributed by atoms with E-state index in [0.717, 1.165) is 10.5 Å².